The fourth-order valence-corrected chi connectivity index (χ4v) is 0.928. The van der Waals surface area contributed by atoms with E-state index in [-0.39, 0.29) is 20.8 Å². The van der Waals surface area contributed by atoms with E-state index in [2.05, 4.69) is 4.63 Å². The van der Waals surface area contributed by atoms with Gasteiger partial charge in [0.25, 0.3) is 0 Å². The Labute approximate surface area is 61.2 Å². The number of para-hydroxylation sites is 2. The third-order valence-corrected chi connectivity index (χ3v) is 1.42. The van der Waals surface area contributed by atoms with Crippen molar-refractivity contribution in [2.45, 2.75) is 0 Å². The fourth-order valence-electron chi connectivity index (χ4n) is 0.928. The van der Waals surface area contributed by atoms with Crippen molar-refractivity contribution in [2.75, 3.05) is 0 Å². The van der Waals surface area contributed by atoms with Crippen LogP contribution < -0.4 is 9.81 Å². The van der Waals surface area contributed by atoms with E-state index in [1.807, 2.05) is 0 Å². The van der Waals surface area contributed by atoms with Crippen molar-refractivity contribution in [3.63, 3.8) is 0 Å². The average molecular weight is 152 g/mol. The van der Waals surface area contributed by atoms with Crippen molar-refractivity contribution >= 4 is 11.0 Å². The van der Waals surface area contributed by atoms with Gasteiger partial charge in [-0.05, 0) is 0 Å². The second-order valence-electron chi connectivity index (χ2n) is 2.08. The maximum atomic E-state index is 10.7. The number of nitrogens with zero attached hydrogens (tertiary/aromatic N) is 2. The molecule has 1 heterocycles. The van der Waals surface area contributed by atoms with Crippen LogP contribution in [0.4, 0.5) is 0 Å². The Hall–Kier alpha value is -1.78. The molecule has 0 radical (unpaired) electrons. The zero-order valence-electron chi connectivity index (χ0n) is 5.43. The largest absolute Gasteiger partial charge is 0.350 e. The molecular weight excluding hydrogens is 148 g/mol. The standard InChI is InChI=1S/C6H4N2O3/c9-7-5-3-1-2-4-6(5)8(10)11-7/h1-4H. The van der Waals surface area contributed by atoms with Gasteiger partial charge in [-0.25, -0.2) is 0 Å². The number of aromatic nitrogens is 2. The van der Waals surface area contributed by atoms with Crippen LogP contribution in [-0.2, 0) is 0 Å². The molecule has 2 rings (SSSR count). The first-order chi connectivity index (χ1) is 5.29. The first-order valence-electron chi connectivity index (χ1n) is 3.00. The van der Waals surface area contributed by atoms with E-state index >= 15 is 0 Å². The highest BCUT2D eigenvalue weighted by molar-refractivity contribution is 5.66. The van der Waals surface area contributed by atoms with Gasteiger partial charge in [-0.15, -0.1) is 4.63 Å². The summed E-state index contributed by atoms with van der Waals surface area (Å²) in [5.74, 6) is 0. The molecule has 0 atom stereocenters. The van der Waals surface area contributed by atoms with E-state index in [1.54, 1.807) is 12.1 Å². The molecular formula is C6H4N2O3. The lowest BCUT2D eigenvalue weighted by Gasteiger charge is -1.73. The molecule has 2 aromatic rings. The van der Waals surface area contributed by atoms with E-state index in [9.17, 15) is 10.4 Å². The van der Waals surface area contributed by atoms with Crippen molar-refractivity contribution < 1.29 is 14.4 Å². The second kappa shape index (κ2) is 1.85. The lowest BCUT2D eigenvalue weighted by Crippen LogP contribution is -2.30. The zero-order valence-corrected chi connectivity index (χ0v) is 5.43. The molecule has 11 heavy (non-hydrogen) atoms. The minimum atomic E-state index is 0.183. The second-order valence-corrected chi connectivity index (χ2v) is 2.08. The van der Waals surface area contributed by atoms with Gasteiger partial charge in [-0.1, -0.05) is 12.1 Å². The molecule has 56 valence electrons. The molecule has 0 saturated heterocycles. The Bertz CT molecular complexity index is 360. The summed E-state index contributed by atoms with van der Waals surface area (Å²) in [4.78, 5) is 0.366. The van der Waals surface area contributed by atoms with Crippen LogP contribution in [0.25, 0.3) is 11.0 Å². The first-order valence-corrected chi connectivity index (χ1v) is 3.00. The van der Waals surface area contributed by atoms with Crippen LogP contribution in [-0.4, -0.2) is 0 Å². The van der Waals surface area contributed by atoms with Crippen molar-refractivity contribution in [2.24, 2.45) is 0 Å². The third-order valence-electron chi connectivity index (χ3n) is 1.42. The Morgan fingerprint density at radius 3 is 1.91 bits per heavy atom. The van der Waals surface area contributed by atoms with Gasteiger partial charge in [-0.3, -0.25) is 10.4 Å². The number of hydrogen-bond acceptors (Lipinski definition) is 3. The average Bonchev–Trinajstić information content (AvgIpc) is 2.30. The van der Waals surface area contributed by atoms with Crippen molar-refractivity contribution in [1.82, 2.24) is 0 Å². The highest BCUT2D eigenvalue weighted by atomic mass is 16.9. The van der Waals surface area contributed by atoms with E-state index < -0.39 is 0 Å². The smallest absolute Gasteiger partial charge is 0.255 e. The minimum absolute atomic E-state index is 0.183. The summed E-state index contributed by atoms with van der Waals surface area (Å²) >= 11 is 0. The Morgan fingerprint density at radius 1 is 1.00 bits per heavy atom. The van der Waals surface area contributed by atoms with Crippen LogP contribution in [0.5, 0.6) is 0 Å². The van der Waals surface area contributed by atoms with Crippen LogP contribution in [0.3, 0.4) is 0 Å². The topological polar surface area (TPSA) is 67.0 Å². The Kier molecular flexibility index (Phi) is 1.00. The van der Waals surface area contributed by atoms with Gasteiger partial charge in [0.2, 0.25) is 0 Å². The monoisotopic (exact) mass is 152 g/mol. The van der Waals surface area contributed by atoms with Gasteiger partial charge in [0.1, 0.15) is 9.81 Å². The van der Waals surface area contributed by atoms with Gasteiger partial charge in [0, 0.05) is 12.1 Å². The summed E-state index contributed by atoms with van der Waals surface area (Å²) in [6.45, 7) is 0. The van der Waals surface area contributed by atoms with Crippen LogP contribution in [0, 0.1) is 10.4 Å². The van der Waals surface area contributed by atoms with Gasteiger partial charge in [-0.2, -0.15) is 0 Å². The normalized spacial score (nSPS) is 10.5. The number of fused-ring (bicyclic) bond motifs is 1. The van der Waals surface area contributed by atoms with Gasteiger partial charge in [0.05, 0.1) is 0 Å². The predicted molar refractivity (Wildman–Crippen MR) is 34.1 cm³/mol. The van der Waals surface area contributed by atoms with Crippen LogP contribution in [0.2, 0.25) is 0 Å². The Balaban J connectivity index is 2.95. The van der Waals surface area contributed by atoms with E-state index in [1.165, 1.54) is 12.1 Å². The lowest BCUT2D eigenvalue weighted by atomic mass is 10.3. The molecule has 5 heteroatoms. The van der Waals surface area contributed by atoms with Crippen molar-refractivity contribution in [3.8, 4) is 0 Å². The SMILES string of the molecule is [O-][n+]1o[n+]([O-])c2ccccc21. The van der Waals surface area contributed by atoms with E-state index in [0.29, 0.717) is 0 Å². The van der Waals surface area contributed by atoms with E-state index in [4.69, 9.17) is 0 Å². The molecule has 1 aromatic carbocycles. The molecule has 0 aliphatic heterocycles. The molecule has 0 bridgehead atoms. The summed E-state index contributed by atoms with van der Waals surface area (Å²) in [6.07, 6.45) is 0. The molecule has 1 aromatic heterocycles. The third kappa shape index (κ3) is 0.706. The number of rotatable bonds is 0. The molecule has 5 nitrogen and oxygen atoms in total. The summed E-state index contributed by atoms with van der Waals surface area (Å²) < 4.78 is 4.19. The maximum absolute atomic E-state index is 10.7. The van der Waals surface area contributed by atoms with Crippen molar-refractivity contribution in [3.05, 3.63) is 34.7 Å². The van der Waals surface area contributed by atoms with E-state index in [0.717, 1.165) is 0 Å². The molecule has 0 fully saturated rings. The predicted octanol–water partition coefficient (Wildman–Crippen LogP) is -0.300. The van der Waals surface area contributed by atoms with Crippen LogP contribution >= 0.6 is 0 Å². The summed E-state index contributed by atoms with van der Waals surface area (Å²) in [7, 11) is 0. The zero-order chi connectivity index (χ0) is 7.84. The van der Waals surface area contributed by atoms with Crippen LogP contribution in [0.15, 0.2) is 28.9 Å². The fraction of sp³-hybridized carbons (Fsp3) is 0. The number of benzene rings is 1. The molecule has 0 saturated carbocycles. The maximum Gasteiger partial charge on any atom is 0.350 e. The minimum Gasteiger partial charge on any atom is -0.255 e. The highest BCUT2D eigenvalue weighted by Crippen LogP contribution is 2.02. The highest BCUT2D eigenvalue weighted by Gasteiger charge is 2.19. The first kappa shape index (κ1) is 5.96. The molecule has 0 spiro atoms. The van der Waals surface area contributed by atoms with Crippen molar-refractivity contribution in [1.29, 1.82) is 0 Å². The number of hydrogen-bond donors (Lipinski definition) is 0. The molecule has 0 aliphatic carbocycles. The summed E-state index contributed by atoms with van der Waals surface area (Å²) in [5, 5.41) is 21.5. The van der Waals surface area contributed by atoms with Gasteiger partial charge >= 0.3 is 11.0 Å². The van der Waals surface area contributed by atoms with Gasteiger partial charge in [0.15, 0.2) is 0 Å². The molecule has 0 N–H and O–H groups in total. The molecule has 0 amide bonds. The Morgan fingerprint density at radius 2 is 1.45 bits per heavy atom. The summed E-state index contributed by atoms with van der Waals surface area (Å²) in [6, 6.07) is 6.35. The lowest BCUT2D eigenvalue weighted by molar-refractivity contribution is -0.986. The molecule has 0 aliphatic rings. The molecule has 0 unspecified atom stereocenters. The van der Waals surface area contributed by atoms with Gasteiger partial charge < -0.3 is 0 Å². The summed E-state index contributed by atoms with van der Waals surface area (Å²) in [5.41, 5.74) is 0.477. The van der Waals surface area contributed by atoms with Crippen LogP contribution in [0.1, 0.15) is 0 Å². The quantitative estimate of drug-likeness (QED) is 0.486.